The second kappa shape index (κ2) is 7.12. The van der Waals surface area contributed by atoms with E-state index in [1.807, 2.05) is 24.2 Å². The van der Waals surface area contributed by atoms with Gasteiger partial charge in [0.15, 0.2) is 0 Å². The maximum atomic E-state index is 5.73. The lowest BCUT2D eigenvalue weighted by Crippen LogP contribution is -2.03. The molecule has 1 fully saturated rings. The highest BCUT2D eigenvalue weighted by molar-refractivity contribution is 7.97. The van der Waals surface area contributed by atoms with Gasteiger partial charge in [-0.3, -0.25) is 4.31 Å². The topological polar surface area (TPSA) is 42.1 Å². The summed E-state index contributed by atoms with van der Waals surface area (Å²) in [6.07, 6.45) is 4.24. The number of nitrogens with two attached hydrogens (primary N) is 1. The van der Waals surface area contributed by atoms with Gasteiger partial charge in [0.25, 0.3) is 0 Å². The van der Waals surface area contributed by atoms with Gasteiger partial charge in [0, 0.05) is 18.0 Å². The van der Waals surface area contributed by atoms with Gasteiger partial charge in [0.05, 0.1) is 0 Å². The van der Waals surface area contributed by atoms with Crippen LogP contribution in [0.3, 0.4) is 0 Å². The van der Waals surface area contributed by atoms with Gasteiger partial charge in [0.1, 0.15) is 5.15 Å². The Bertz CT molecular complexity index is 305. The van der Waals surface area contributed by atoms with Crippen molar-refractivity contribution in [3.05, 3.63) is 29.0 Å². The molecule has 1 unspecified atom stereocenters. The van der Waals surface area contributed by atoms with Crippen LogP contribution in [0.4, 0.5) is 0 Å². The summed E-state index contributed by atoms with van der Waals surface area (Å²) in [5.74, 6) is 0. The Labute approximate surface area is 107 Å². The Hall–Kier alpha value is -0.290. The number of nitrogens with zero attached hydrogens (tertiary/aromatic N) is 2. The van der Waals surface area contributed by atoms with Gasteiger partial charge in [-0.25, -0.2) is 4.98 Å². The highest BCUT2D eigenvalue weighted by atomic mass is 35.5. The van der Waals surface area contributed by atoms with E-state index in [0.29, 0.717) is 10.4 Å². The second-order valence-corrected chi connectivity index (χ2v) is 5.45. The van der Waals surface area contributed by atoms with Crippen LogP contribution in [0.1, 0.15) is 12.0 Å². The molecule has 5 heteroatoms. The van der Waals surface area contributed by atoms with E-state index in [9.17, 15) is 0 Å². The standard InChI is InChI=1S/C10H13ClN2S.CH5N/c1-13-5-4-9(14-13)6-8-2-3-10(11)12-7-8;1-2/h2-3,7,9H,4-6H2,1H3;2H2,1H3. The third-order valence-electron chi connectivity index (χ3n) is 2.35. The predicted molar refractivity (Wildman–Crippen MR) is 71.7 cm³/mol. The fourth-order valence-corrected chi connectivity index (χ4v) is 2.92. The molecular weight excluding hydrogens is 242 g/mol. The van der Waals surface area contributed by atoms with Gasteiger partial charge in [-0.2, -0.15) is 0 Å². The van der Waals surface area contributed by atoms with Crippen molar-refractivity contribution in [2.45, 2.75) is 18.1 Å². The molecule has 1 aliphatic heterocycles. The molecule has 1 saturated heterocycles. The number of rotatable bonds is 2. The van der Waals surface area contributed by atoms with Crippen LogP contribution < -0.4 is 5.73 Å². The number of hydrogen-bond donors (Lipinski definition) is 1. The van der Waals surface area contributed by atoms with E-state index in [4.69, 9.17) is 11.6 Å². The highest BCUT2D eigenvalue weighted by Gasteiger charge is 2.20. The maximum absolute atomic E-state index is 5.73. The summed E-state index contributed by atoms with van der Waals surface area (Å²) < 4.78 is 2.30. The molecular formula is C11H18ClN3S. The van der Waals surface area contributed by atoms with Gasteiger partial charge in [-0.15, -0.1) is 0 Å². The third kappa shape index (κ3) is 4.29. The second-order valence-electron chi connectivity index (χ2n) is 3.56. The minimum Gasteiger partial charge on any atom is -0.333 e. The number of hydrogen-bond acceptors (Lipinski definition) is 4. The highest BCUT2D eigenvalue weighted by Crippen LogP contribution is 2.29. The van der Waals surface area contributed by atoms with Crippen molar-refractivity contribution < 1.29 is 0 Å². The SMILES string of the molecule is CN.CN1CCC(Cc2ccc(Cl)nc2)S1. The largest absolute Gasteiger partial charge is 0.333 e. The van der Waals surface area contributed by atoms with Gasteiger partial charge in [-0.1, -0.05) is 29.6 Å². The van der Waals surface area contributed by atoms with Crippen molar-refractivity contribution in [2.75, 3.05) is 20.6 Å². The van der Waals surface area contributed by atoms with Crippen LogP contribution in [-0.4, -0.2) is 35.2 Å². The molecule has 0 aliphatic carbocycles. The lowest BCUT2D eigenvalue weighted by atomic mass is 10.1. The van der Waals surface area contributed by atoms with Crippen LogP contribution in [0, 0.1) is 0 Å². The first kappa shape index (κ1) is 13.8. The van der Waals surface area contributed by atoms with E-state index in [1.54, 1.807) is 0 Å². The van der Waals surface area contributed by atoms with Crippen molar-refractivity contribution in [1.82, 2.24) is 9.29 Å². The zero-order valence-corrected chi connectivity index (χ0v) is 11.3. The molecule has 0 amide bonds. The smallest absolute Gasteiger partial charge is 0.129 e. The summed E-state index contributed by atoms with van der Waals surface area (Å²) in [5.41, 5.74) is 5.78. The van der Waals surface area contributed by atoms with E-state index < -0.39 is 0 Å². The molecule has 1 aromatic rings. The molecule has 0 aromatic carbocycles. The van der Waals surface area contributed by atoms with E-state index in [0.717, 1.165) is 6.42 Å². The van der Waals surface area contributed by atoms with Crippen molar-refractivity contribution in [1.29, 1.82) is 0 Å². The molecule has 2 heterocycles. The average molecular weight is 260 g/mol. The Kier molecular flexibility index (Phi) is 6.13. The summed E-state index contributed by atoms with van der Waals surface area (Å²) >= 11 is 7.66. The summed E-state index contributed by atoms with van der Waals surface area (Å²) in [4.78, 5) is 4.08. The number of halogens is 1. The van der Waals surface area contributed by atoms with Crippen molar-refractivity contribution >= 4 is 23.5 Å². The molecule has 1 atom stereocenters. The molecule has 16 heavy (non-hydrogen) atoms. The first-order valence-corrected chi connectivity index (χ1v) is 6.51. The van der Waals surface area contributed by atoms with Gasteiger partial charge < -0.3 is 5.73 Å². The zero-order valence-electron chi connectivity index (χ0n) is 9.69. The summed E-state index contributed by atoms with van der Waals surface area (Å²) in [7, 11) is 3.64. The zero-order chi connectivity index (χ0) is 12.0. The van der Waals surface area contributed by atoms with Crippen molar-refractivity contribution in [3.8, 4) is 0 Å². The number of aromatic nitrogens is 1. The first-order valence-electron chi connectivity index (χ1n) is 5.30. The van der Waals surface area contributed by atoms with Gasteiger partial charge in [-0.05, 0) is 38.6 Å². The molecule has 90 valence electrons. The summed E-state index contributed by atoms with van der Waals surface area (Å²) in [6, 6.07) is 3.93. The van der Waals surface area contributed by atoms with Gasteiger partial charge >= 0.3 is 0 Å². The Morgan fingerprint density at radius 1 is 1.56 bits per heavy atom. The molecule has 0 spiro atoms. The molecule has 1 aliphatic rings. The van der Waals surface area contributed by atoms with Crippen molar-refractivity contribution in [3.63, 3.8) is 0 Å². The van der Waals surface area contributed by atoms with Crippen LogP contribution in [-0.2, 0) is 6.42 Å². The van der Waals surface area contributed by atoms with E-state index in [-0.39, 0.29) is 0 Å². The van der Waals surface area contributed by atoms with Crippen LogP contribution in [0.25, 0.3) is 0 Å². The van der Waals surface area contributed by atoms with Crippen LogP contribution >= 0.6 is 23.5 Å². The third-order valence-corrected chi connectivity index (χ3v) is 3.81. The number of pyridine rings is 1. The van der Waals surface area contributed by atoms with Crippen LogP contribution in [0.5, 0.6) is 0 Å². The first-order chi connectivity index (χ1) is 7.74. The quantitative estimate of drug-likeness (QED) is 0.653. The minimum atomic E-state index is 0.574. The predicted octanol–water partition coefficient (Wildman–Crippen LogP) is 2.20. The van der Waals surface area contributed by atoms with Gasteiger partial charge in [0.2, 0.25) is 0 Å². The van der Waals surface area contributed by atoms with E-state index >= 15 is 0 Å². The van der Waals surface area contributed by atoms with Crippen LogP contribution in [0.2, 0.25) is 5.15 Å². The molecule has 2 rings (SSSR count). The summed E-state index contributed by atoms with van der Waals surface area (Å²) in [5, 5.41) is 1.29. The molecule has 3 nitrogen and oxygen atoms in total. The average Bonchev–Trinajstić information content (AvgIpc) is 2.70. The fourth-order valence-electron chi connectivity index (χ4n) is 1.62. The lowest BCUT2D eigenvalue weighted by Gasteiger charge is -2.09. The lowest BCUT2D eigenvalue weighted by molar-refractivity contribution is 0.584. The van der Waals surface area contributed by atoms with E-state index in [2.05, 4.69) is 28.1 Å². The molecule has 0 saturated carbocycles. The Morgan fingerprint density at radius 2 is 2.31 bits per heavy atom. The summed E-state index contributed by atoms with van der Waals surface area (Å²) in [6.45, 7) is 1.19. The molecule has 2 N–H and O–H groups in total. The van der Waals surface area contributed by atoms with E-state index in [1.165, 1.54) is 25.6 Å². The van der Waals surface area contributed by atoms with Crippen molar-refractivity contribution in [2.24, 2.45) is 5.73 Å². The fraction of sp³-hybridized carbons (Fsp3) is 0.545. The maximum Gasteiger partial charge on any atom is 0.129 e. The Morgan fingerprint density at radius 3 is 2.81 bits per heavy atom. The van der Waals surface area contributed by atoms with Crippen LogP contribution in [0.15, 0.2) is 18.3 Å². The Balaban J connectivity index is 0.000000606. The monoisotopic (exact) mass is 259 g/mol. The molecule has 0 radical (unpaired) electrons. The molecule has 1 aromatic heterocycles. The molecule has 0 bridgehead atoms. The normalized spacial score (nSPS) is 20.4. The minimum absolute atomic E-state index is 0.574.